The van der Waals surface area contributed by atoms with Crippen molar-refractivity contribution in [1.82, 2.24) is 0 Å². The minimum absolute atomic E-state index is 0.0159. The number of nitro benzene ring substituents is 1. The van der Waals surface area contributed by atoms with Crippen molar-refractivity contribution in [2.75, 3.05) is 5.32 Å². The molecular weight excluding hydrogens is 278 g/mol. The summed E-state index contributed by atoms with van der Waals surface area (Å²) in [7, 11) is 0. The van der Waals surface area contributed by atoms with Crippen molar-refractivity contribution in [2.45, 2.75) is 19.9 Å². The van der Waals surface area contributed by atoms with E-state index in [0.717, 1.165) is 18.2 Å². The first-order valence-corrected chi connectivity index (χ1v) is 6.46. The van der Waals surface area contributed by atoms with E-state index >= 15 is 0 Å². The van der Waals surface area contributed by atoms with Gasteiger partial charge in [0, 0.05) is 29.4 Å². The van der Waals surface area contributed by atoms with E-state index in [1.807, 2.05) is 6.92 Å². The Morgan fingerprint density at radius 1 is 1.14 bits per heavy atom. The molecule has 0 unspecified atom stereocenters. The molecule has 1 N–H and O–H groups in total. The first-order chi connectivity index (χ1) is 10.0. The largest absolute Gasteiger partial charge is 0.381 e. The Morgan fingerprint density at radius 3 is 2.57 bits per heavy atom. The molecule has 2 aromatic carbocycles. The Morgan fingerprint density at radius 2 is 1.90 bits per heavy atom. The zero-order valence-corrected chi connectivity index (χ0v) is 11.4. The Balaban J connectivity index is 2.18. The van der Waals surface area contributed by atoms with Crippen molar-refractivity contribution < 1.29 is 13.7 Å². The van der Waals surface area contributed by atoms with Gasteiger partial charge < -0.3 is 5.32 Å². The third kappa shape index (κ3) is 3.53. The third-order valence-electron chi connectivity index (χ3n) is 3.15. The molecule has 110 valence electrons. The van der Waals surface area contributed by atoms with E-state index < -0.39 is 16.6 Å². The molecule has 6 heteroatoms. The Labute approximate surface area is 120 Å². The molecule has 0 aromatic heterocycles. The van der Waals surface area contributed by atoms with Crippen LogP contribution < -0.4 is 5.32 Å². The summed E-state index contributed by atoms with van der Waals surface area (Å²) in [4.78, 5) is 10.5. The van der Waals surface area contributed by atoms with Crippen molar-refractivity contribution in [3.8, 4) is 0 Å². The van der Waals surface area contributed by atoms with Gasteiger partial charge in [-0.1, -0.05) is 13.0 Å². The number of nitrogens with one attached hydrogen (secondary N) is 1. The zero-order valence-electron chi connectivity index (χ0n) is 11.4. The molecule has 2 aromatic rings. The second-order valence-electron chi connectivity index (χ2n) is 4.54. The third-order valence-corrected chi connectivity index (χ3v) is 3.15. The van der Waals surface area contributed by atoms with Gasteiger partial charge in [0.05, 0.1) is 4.92 Å². The lowest BCUT2D eigenvalue weighted by atomic mass is 10.1. The van der Waals surface area contributed by atoms with E-state index in [0.29, 0.717) is 17.7 Å². The lowest BCUT2D eigenvalue weighted by molar-refractivity contribution is -0.385. The van der Waals surface area contributed by atoms with Crippen LogP contribution in [0.5, 0.6) is 0 Å². The van der Waals surface area contributed by atoms with Crippen molar-refractivity contribution in [3.05, 3.63) is 69.3 Å². The van der Waals surface area contributed by atoms with Crippen LogP contribution >= 0.6 is 0 Å². The average Bonchev–Trinajstić information content (AvgIpc) is 2.47. The van der Waals surface area contributed by atoms with E-state index in [1.54, 1.807) is 12.1 Å². The predicted molar refractivity (Wildman–Crippen MR) is 76.2 cm³/mol. The first-order valence-electron chi connectivity index (χ1n) is 6.46. The van der Waals surface area contributed by atoms with Crippen LogP contribution in [0, 0.1) is 21.7 Å². The summed E-state index contributed by atoms with van der Waals surface area (Å²) < 4.78 is 26.5. The van der Waals surface area contributed by atoms with Gasteiger partial charge >= 0.3 is 0 Å². The summed E-state index contributed by atoms with van der Waals surface area (Å²) in [5.74, 6) is -1.05. The molecule has 0 bridgehead atoms. The fourth-order valence-electron chi connectivity index (χ4n) is 2.02. The van der Waals surface area contributed by atoms with Gasteiger partial charge in [0.1, 0.15) is 11.6 Å². The van der Waals surface area contributed by atoms with E-state index in [4.69, 9.17) is 0 Å². The van der Waals surface area contributed by atoms with Crippen LogP contribution in [0.25, 0.3) is 0 Å². The Kier molecular flexibility index (Phi) is 4.47. The maximum Gasteiger partial charge on any atom is 0.274 e. The van der Waals surface area contributed by atoms with Crippen molar-refractivity contribution >= 4 is 11.4 Å². The number of nitro groups is 1. The normalized spacial score (nSPS) is 10.4. The second kappa shape index (κ2) is 6.30. The smallest absolute Gasteiger partial charge is 0.274 e. The van der Waals surface area contributed by atoms with E-state index in [2.05, 4.69) is 5.32 Å². The first kappa shape index (κ1) is 14.9. The highest BCUT2D eigenvalue weighted by Gasteiger charge is 2.13. The highest BCUT2D eigenvalue weighted by atomic mass is 19.1. The molecule has 2 rings (SSSR count). The van der Waals surface area contributed by atoms with Crippen LogP contribution in [-0.2, 0) is 13.0 Å². The highest BCUT2D eigenvalue weighted by Crippen LogP contribution is 2.24. The molecular formula is C15H14F2N2O2. The van der Waals surface area contributed by atoms with Gasteiger partial charge in [0.2, 0.25) is 0 Å². The summed E-state index contributed by atoms with van der Waals surface area (Å²) in [5, 5.41) is 13.8. The number of halogens is 2. The second-order valence-corrected chi connectivity index (χ2v) is 4.54. The number of benzene rings is 2. The van der Waals surface area contributed by atoms with Crippen LogP contribution in [0.4, 0.5) is 20.2 Å². The van der Waals surface area contributed by atoms with Gasteiger partial charge in [0.15, 0.2) is 0 Å². The fraction of sp³-hybridized carbons (Fsp3) is 0.200. The number of anilines is 1. The van der Waals surface area contributed by atoms with Crippen LogP contribution in [-0.4, -0.2) is 4.92 Å². The molecule has 0 radical (unpaired) electrons. The quantitative estimate of drug-likeness (QED) is 0.668. The topological polar surface area (TPSA) is 55.2 Å². The molecule has 0 aliphatic rings. The molecule has 0 saturated heterocycles. The SMILES string of the molecule is CCc1ccc(NCc2cc(F)ccc2F)cc1[N+](=O)[O-]. The fourth-order valence-corrected chi connectivity index (χ4v) is 2.02. The van der Waals surface area contributed by atoms with E-state index in [9.17, 15) is 18.9 Å². The molecule has 0 aliphatic heterocycles. The molecule has 0 fully saturated rings. The van der Waals surface area contributed by atoms with Gasteiger partial charge in [-0.2, -0.15) is 0 Å². The van der Waals surface area contributed by atoms with Crippen molar-refractivity contribution in [3.63, 3.8) is 0 Å². The van der Waals surface area contributed by atoms with Gasteiger partial charge in [0.25, 0.3) is 5.69 Å². The summed E-state index contributed by atoms with van der Waals surface area (Å²) in [5.41, 5.74) is 1.30. The van der Waals surface area contributed by atoms with Gasteiger partial charge in [-0.05, 0) is 30.7 Å². The van der Waals surface area contributed by atoms with Crippen LogP contribution in [0.2, 0.25) is 0 Å². The lowest BCUT2D eigenvalue weighted by Crippen LogP contribution is -2.03. The molecule has 0 saturated carbocycles. The standard InChI is InChI=1S/C15H14F2N2O2/c1-2-10-3-5-13(8-15(10)19(20)21)18-9-11-7-12(16)4-6-14(11)17/h3-8,18H,2,9H2,1H3. The Bertz CT molecular complexity index is 675. The van der Waals surface area contributed by atoms with Crippen molar-refractivity contribution in [2.24, 2.45) is 0 Å². The summed E-state index contributed by atoms with van der Waals surface area (Å²) in [6, 6.07) is 7.92. The summed E-state index contributed by atoms with van der Waals surface area (Å²) in [6.07, 6.45) is 0.551. The minimum atomic E-state index is -0.527. The number of nitrogens with zero attached hydrogens (tertiary/aromatic N) is 1. The Hall–Kier alpha value is -2.50. The number of hydrogen-bond acceptors (Lipinski definition) is 3. The number of rotatable bonds is 5. The summed E-state index contributed by atoms with van der Waals surface area (Å²) in [6.45, 7) is 1.88. The molecule has 0 spiro atoms. The van der Waals surface area contributed by atoms with Gasteiger partial charge in [-0.3, -0.25) is 10.1 Å². The summed E-state index contributed by atoms with van der Waals surface area (Å²) >= 11 is 0. The maximum absolute atomic E-state index is 13.5. The van der Waals surface area contributed by atoms with Crippen LogP contribution in [0.1, 0.15) is 18.1 Å². The van der Waals surface area contributed by atoms with Crippen LogP contribution in [0.3, 0.4) is 0 Å². The monoisotopic (exact) mass is 292 g/mol. The van der Waals surface area contributed by atoms with E-state index in [-0.39, 0.29) is 17.8 Å². The molecule has 0 amide bonds. The van der Waals surface area contributed by atoms with E-state index in [1.165, 1.54) is 6.07 Å². The number of aryl methyl sites for hydroxylation is 1. The number of hydrogen-bond donors (Lipinski definition) is 1. The zero-order chi connectivity index (χ0) is 15.4. The predicted octanol–water partition coefficient (Wildman–Crippen LogP) is 4.05. The molecule has 0 heterocycles. The molecule has 0 aliphatic carbocycles. The van der Waals surface area contributed by atoms with Crippen molar-refractivity contribution in [1.29, 1.82) is 0 Å². The van der Waals surface area contributed by atoms with Gasteiger partial charge in [-0.15, -0.1) is 0 Å². The molecule has 4 nitrogen and oxygen atoms in total. The van der Waals surface area contributed by atoms with Crippen LogP contribution in [0.15, 0.2) is 36.4 Å². The minimum Gasteiger partial charge on any atom is -0.381 e. The molecule has 0 atom stereocenters. The highest BCUT2D eigenvalue weighted by molar-refractivity contribution is 5.55. The maximum atomic E-state index is 13.5. The van der Waals surface area contributed by atoms with Gasteiger partial charge in [-0.25, -0.2) is 8.78 Å². The molecule has 21 heavy (non-hydrogen) atoms. The average molecular weight is 292 g/mol. The lowest BCUT2D eigenvalue weighted by Gasteiger charge is -2.09.